The number of nitrogens with zero attached hydrogens (tertiary/aromatic N) is 4. The summed E-state index contributed by atoms with van der Waals surface area (Å²) in [7, 11) is 4.70. The minimum atomic E-state index is 0.175. The van der Waals surface area contributed by atoms with Crippen LogP contribution in [-0.4, -0.2) is 52.5 Å². The van der Waals surface area contributed by atoms with Crippen LogP contribution < -0.4 is 24.8 Å². The van der Waals surface area contributed by atoms with E-state index in [2.05, 4.69) is 29.5 Å². The third-order valence-electron chi connectivity index (χ3n) is 5.54. The number of hydrogen-bond acceptors (Lipinski definition) is 9. The van der Waals surface area contributed by atoms with Crippen LogP contribution in [0.3, 0.4) is 0 Å². The molecule has 4 aromatic rings. The van der Waals surface area contributed by atoms with Gasteiger partial charge in [0.05, 0.1) is 27.7 Å². The van der Waals surface area contributed by atoms with Crippen molar-refractivity contribution in [3.8, 4) is 23.0 Å². The molecule has 0 saturated heterocycles. The van der Waals surface area contributed by atoms with Crippen molar-refractivity contribution in [2.24, 2.45) is 0 Å². The molecular formula is C25H30N6O4. The molecule has 0 fully saturated rings. The van der Waals surface area contributed by atoms with Crippen molar-refractivity contribution in [1.82, 2.24) is 19.5 Å². The van der Waals surface area contributed by atoms with Crippen LogP contribution >= 0.6 is 0 Å². The van der Waals surface area contributed by atoms with E-state index in [1.165, 1.54) is 0 Å². The average molecular weight is 479 g/mol. The molecule has 0 radical (unpaired) electrons. The van der Waals surface area contributed by atoms with Crippen LogP contribution in [0.1, 0.15) is 25.5 Å². The van der Waals surface area contributed by atoms with E-state index in [0.717, 1.165) is 17.6 Å². The Balaban J connectivity index is 1.66. The number of benzene rings is 2. The van der Waals surface area contributed by atoms with Crippen molar-refractivity contribution in [2.45, 2.75) is 26.3 Å². The van der Waals surface area contributed by atoms with Crippen LogP contribution in [0.5, 0.6) is 23.0 Å². The molecule has 0 saturated carbocycles. The Hall–Kier alpha value is -4.21. The Morgan fingerprint density at radius 2 is 1.66 bits per heavy atom. The van der Waals surface area contributed by atoms with Gasteiger partial charge in [0.2, 0.25) is 11.7 Å². The Morgan fingerprint density at radius 3 is 2.26 bits per heavy atom. The predicted molar refractivity (Wildman–Crippen MR) is 135 cm³/mol. The van der Waals surface area contributed by atoms with Gasteiger partial charge in [0.25, 0.3) is 0 Å². The normalized spacial score (nSPS) is 11.0. The van der Waals surface area contributed by atoms with Gasteiger partial charge in [-0.1, -0.05) is 12.1 Å². The zero-order valence-electron chi connectivity index (χ0n) is 20.5. The molecule has 35 heavy (non-hydrogen) atoms. The van der Waals surface area contributed by atoms with Crippen molar-refractivity contribution in [2.75, 3.05) is 38.5 Å². The molecule has 184 valence electrons. The lowest BCUT2D eigenvalue weighted by atomic mass is 10.1. The highest BCUT2D eigenvalue weighted by Crippen LogP contribution is 2.40. The molecule has 0 spiro atoms. The minimum Gasteiger partial charge on any atom is -0.508 e. The molecule has 0 bridgehead atoms. The van der Waals surface area contributed by atoms with Gasteiger partial charge >= 0.3 is 0 Å². The smallest absolute Gasteiger partial charge is 0.231 e. The van der Waals surface area contributed by atoms with Gasteiger partial charge in [-0.3, -0.25) is 0 Å². The quantitative estimate of drug-likeness (QED) is 0.302. The lowest BCUT2D eigenvalue weighted by molar-refractivity contribution is 0.324. The zero-order valence-corrected chi connectivity index (χ0v) is 20.5. The van der Waals surface area contributed by atoms with Gasteiger partial charge in [-0.2, -0.15) is 9.97 Å². The summed E-state index contributed by atoms with van der Waals surface area (Å²) in [5.74, 6) is 2.83. The molecule has 0 aliphatic carbocycles. The summed E-state index contributed by atoms with van der Waals surface area (Å²) in [4.78, 5) is 14.0. The molecule has 10 heteroatoms. The fourth-order valence-electron chi connectivity index (χ4n) is 3.74. The molecular weight excluding hydrogens is 448 g/mol. The fourth-order valence-corrected chi connectivity index (χ4v) is 3.74. The van der Waals surface area contributed by atoms with Crippen LogP contribution in [0.25, 0.3) is 11.2 Å². The standard InChI is InChI=1S/C25H30N6O4/c1-15(2)31-14-27-21-23(26-11-10-16-6-8-18(32)9-7-16)29-25(30-24(21)31)28-17-12-19(33-3)22(35-5)20(13-17)34-4/h6-9,12-15,32H,10-11H2,1-5H3,(H2,26,28,29,30). The molecule has 4 rings (SSSR count). The monoisotopic (exact) mass is 478 g/mol. The second-order valence-corrected chi connectivity index (χ2v) is 8.20. The van der Waals surface area contributed by atoms with E-state index in [0.29, 0.717) is 46.8 Å². The maximum Gasteiger partial charge on any atom is 0.231 e. The van der Waals surface area contributed by atoms with E-state index in [4.69, 9.17) is 24.2 Å². The number of imidazole rings is 1. The van der Waals surface area contributed by atoms with Crippen LogP contribution in [0.2, 0.25) is 0 Å². The first-order valence-electron chi connectivity index (χ1n) is 11.3. The highest BCUT2D eigenvalue weighted by molar-refractivity contribution is 5.85. The van der Waals surface area contributed by atoms with Crippen LogP contribution in [-0.2, 0) is 6.42 Å². The molecule has 0 aliphatic heterocycles. The van der Waals surface area contributed by atoms with E-state index in [9.17, 15) is 5.11 Å². The summed E-state index contributed by atoms with van der Waals surface area (Å²) < 4.78 is 18.3. The number of methoxy groups -OCH3 is 3. The molecule has 0 atom stereocenters. The van der Waals surface area contributed by atoms with Crippen molar-refractivity contribution < 1.29 is 19.3 Å². The van der Waals surface area contributed by atoms with Crippen LogP contribution in [0.4, 0.5) is 17.5 Å². The van der Waals surface area contributed by atoms with Crippen LogP contribution in [0.15, 0.2) is 42.7 Å². The van der Waals surface area contributed by atoms with E-state index >= 15 is 0 Å². The average Bonchev–Trinajstić information content (AvgIpc) is 3.29. The molecule has 2 aromatic carbocycles. The number of rotatable bonds is 10. The Bertz CT molecular complexity index is 1280. The topological polar surface area (TPSA) is 116 Å². The lowest BCUT2D eigenvalue weighted by Crippen LogP contribution is -2.10. The molecule has 0 amide bonds. The number of hydrogen-bond donors (Lipinski definition) is 3. The van der Waals surface area contributed by atoms with E-state index in [-0.39, 0.29) is 11.8 Å². The van der Waals surface area contributed by atoms with Crippen molar-refractivity contribution in [3.05, 3.63) is 48.3 Å². The largest absolute Gasteiger partial charge is 0.508 e. The van der Waals surface area contributed by atoms with E-state index < -0.39 is 0 Å². The summed E-state index contributed by atoms with van der Waals surface area (Å²) in [6, 6.07) is 10.9. The molecule has 3 N–H and O–H groups in total. The molecule has 0 unspecified atom stereocenters. The first kappa shape index (κ1) is 23.9. The summed E-state index contributed by atoms with van der Waals surface area (Å²) in [5.41, 5.74) is 3.20. The molecule has 2 aromatic heterocycles. The first-order chi connectivity index (χ1) is 16.9. The third kappa shape index (κ3) is 5.16. The number of anilines is 3. The third-order valence-corrected chi connectivity index (χ3v) is 5.54. The molecule has 0 aliphatic rings. The molecule has 2 heterocycles. The Labute approximate surface area is 203 Å². The number of ether oxygens (including phenoxy) is 3. The van der Waals surface area contributed by atoms with E-state index in [1.54, 1.807) is 51.9 Å². The van der Waals surface area contributed by atoms with Gasteiger partial charge in [0.1, 0.15) is 5.75 Å². The maximum atomic E-state index is 9.50. The number of phenolic OH excluding ortho intramolecular Hbond substituents is 1. The number of aromatic nitrogens is 4. The highest BCUT2D eigenvalue weighted by atomic mass is 16.5. The fraction of sp³-hybridized carbons (Fsp3) is 0.320. The summed E-state index contributed by atoms with van der Waals surface area (Å²) >= 11 is 0. The molecule has 10 nitrogen and oxygen atoms in total. The maximum absolute atomic E-state index is 9.50. The summed E-state index contributed by atoms with van der Waals surface area (Å²) in [6.45, 7) is 4.79. The van der Waals surface area contributed by atoms with Crippen molar-refractivity contribution in [3.63, 3.8) is 0 Å². The summed E-state index contributed by atoms with van der Waals surface area (Å²) in [6.07, 6.45) is 2.53. The number of nitrogens with one attached hydrogen (secondary N) is 2. The van der Waals surface area contributed by atoms with Crippen molar-refractivity contribution in [1.29, 1.82) is 0 Å². The van der Waals surface area contributed by atoms with E-state index in [1.807, 2.05) is 16.7 Å². The second-order valence-electron chi connectivity index (χ2n) is 8.20. The minimum absolute atomic E-state index is 0.175. The number of aromatic hydroxyl groups is 1. The first-order valence-corrected chi connectivity index (χ1v) is 11.3. The van der Waals surface area contributed by atoms with Gasteiger partial charge in [0.15, 0.2) is 28.5 Å². The van der Waals surface area contributed by atoms with Gasteiger partial charge in [-0.15, -0.1) is 0 Å². The van der Waals surface area contributed by atoms with Gasteiger partial charge < -0.3 is 34.5 Å². The second kappa shape index (κ2) is 10.4. The Morgan fingerprint density at radius 1 is 0.971 bits per heavy atom. The number of phenols is 1. The predicted octanol–water partition coefficient (Wildman–Crippen LogP) is 4.54. The van der Waals surface area contributed by atoms with Gasteiger partial charge in [-0.05, 0) is 38.0 Å². The van der Waals surface area contributed by atoms with Crippen LogP contribution in [0, 0.1) is 0 Å². The number of fused-ring (bicyclic) bond motifs is 1. The van der Waals surface area contributed by atoms with Crippen molar-refractivity contribution >= 4 is 28.6 Å². The van der Waals surface area contributed by atoms with Gasteiger partial charge in [-0.25, -0.2) is 4.98 Å². The lowest BCUT2D eigenvalue weighted by Gasteiger charge is -2.15. The highest BCUT2D eigenvalue weighted by Gasteiger charge is 2.17. The summed E-state index contributed by atoms with van der Waals surface area (Å²) in [5, 5.41) is 16.2. The zero-order chi connectivity index (χ0) is 24.9. The Kier molecular flexibility index (Phi) is 7.09. The SMILES string of the molecule is COc1cc(Nc2nc(NCCc3ccc(O)cc3)c3ncn(C(C)C)c3n2)cc(OC)c1OC. The van der Waals surface area contributed by atoms with Gasteiger partial charge in [0, 0.05) is 30.4 Å².